The van der Waals surface area contributed by atoms with Crippen molar-refractivity contribution in [3.63, 3.8) is 0 Å². The minimum absolute atomic E-state index is 0.00968. The van der Waals surface area contributed by atoms with E-state index in [9.17, 15) is 53.4 Å². The number of aliphatic imine (C=N–C) groups is 2. The molecule has 1 fully saturated rings. The normalized spacial score (nSPS) is 22.0. The lowest BCUT2D eigenvalue weighted by Crippen LogP contribution is -2.61. The fourth-order valence-corrected chi connectivity index (χ4v) is 8.34. The third-order valence-corrected chi connectivity index (χ3v) is 12.2. The summed E-state index contributed by atoms with van der Waals surface area (Å²) in [5, 5.41) is 43.6. The summed E-state index contributed by atoms with van der Waals surface area (Å²) >= 11 is 0. The van der Waals surface area contributed by atoms with Gasteiger partial charge in [-0.1, -0.05) is 48.5 Å². The standard InChI is InChI=1S/C49H72N16O11/c1-27(66)59-33(16-9-21-56-48(51)52)42(71)65-38-25-39(67)55-20-8-7-15-32(41(50)70)60-46(75)37(24-29-26-58-31-14-6-5-13-30(29)31)64-43(72)34(17-10-22-57-49(53)54)61-45(74)36(23-28-11-3-2-4-12-28)63-44(73)35(62-47(38)76)18-19-40(68)69/h2-6,11-14,26,32-38,43,58,64,72H,7-10,15-25H2,1H3,(H2,50,70)(H,55,67)(H,59,66)(H,60,75)(H,61,74)(H,62,76)(H,63,73)(H,65,71)(H,68,69)(H4,51,52,56)(H4,53,54,57). The fraction of sp³-hybridized carbons (Fsp3) is 0.490. The molecule has 4 rings (SSSR count). The molecule has 0 spiro atoms. The first-order valence-corrected chi connectivity index (χ1v) is 24.9. The van der Waals surface area contributed by atoms with Crippen LogP contribution in [-0.2, 0) is 56.0 Å². The number of benzene rings is 2. The molecule has 27 heteroatoms. The van der Waals surface area contributed by atoms with E-state index < -0.39 is 121 Å². The lowest BCUT2D eigenvalue weighted by Gasteiger charge is -2.31. The Bertz CT molecular complexity index is 2530. The quantitative estimate of drug-likeness (QED) is 0.0312. The lowest BCUT2D eigenvalue weighted by atomic mass is 10.0. The maximum Gasteiger partial charge on any atom is 0.303 e. The number of nitrogens with one attached hydrogen (secondary N) is 9. The van der Waals surface area contributed by atoms with Gasteiger partial charge in [0.2, 0.25) is 47.3 Å². The summed E-state index contributed by atoms with van der Waals surface area (Å²) in [6, 6.07) is 5.91. The van der Waals surface area contributed by atoms with Crippen LogP contribution in [0.15, 0.2) is 70.8 Å². The molecule has 1 aromatic heterocycles. The van der Waals surface area contributed by atoms with Gasteiger partial charge in [-0.3, -0.25) is 58.5 Å². The number of aromatic nitrogens is 1. The van der Waals surface area contributed by atoms with Crippen LogP contribution in [0.2, 0.25) is 0 Å². The summed E-state index contributed by atoms with van der Waals surface area (Å²) in [5.74, 6) is -8.61. The van der Waals surface area contributed by atoms with Gasteiger partial charge in [0, 0.05) is 56.5 Å². The number of aliphatic carboxylic acids is 1. The molecule has 8 unspecified atom stereocenters. The third kappa shape index (κ3) is 20.9. The smallest absolute Gasteiger partial charge is 0.303 e. The van der Waals surface area contributed by atoms with Crippen molar-refractivity contribution in [2.75, 3.05) is 19.6 Å². The van der Waals surface area contributed by atoms with Crippen LogP contribution >= 0.6 is 0 Å². The van der Waals surface area contributed by atoms with Gasteiger partial charge in [-0.15, -0.1) is 0 Å². The number of nitrogens with zero attached hydrogens (tertiary/aromatic N) is 2. The second-order valence-corrected chi connectivity index (χ2v) is 18.3. The lowest BCUT2D eigenvalue weighted by molar-refractivity contribution is -0.139. The monoisotopic (exact) mass is 1060 g/mol. The van der Waals surface area contributed by atoms with Crippen molar-refractivity contribution in [3.05, 3.63) is 71.9 Å². The number of fused-ring (bicyclic) bond motifs is 1. The Morgan fingerprint density at radius 1 is 0.750 bits per heavy atom. The first-order valence-electron chi connectivity index (χ1n) is 24.9. The van der Waals surface area contributed by atoms with E-state index in [2.05, 4.69) is 57.5 Å². The van der Waals surface area contributed by atoms with Gasteiger partial charge < -0.3 is 81.1 Å². The summed E-state index contributed by atoms with van der Waals surface area (Å²) in [5.41, 5.74) is 29.8. The van der Waals surface area contributed by atoms with Crippen LogP contribution in [0.1, 0.15) is 82.3 Å². The molecule has 0 bridgehead atoms. The van der Waals surface area contributed by atoms with Crippen molar-refractivity contribution >= 4 is 76.0 Å². The highest BCUT2D eigenvalue weighted by atomic mass is 16.4. The molecule has 21 N–H and O–H groups in total. The van der Waals surface area contributed by atoms with E-state index in [1.54, 1.807) is 36.5 Å². The number of hydrogen-bond donors (Lipinski definition) is 16. The highest BCUT2D eigenvalue weighted by Crippen LogP contribution is 2.20. The molecule has 2 heterocycles. The summed E-state index contributed by atoms with van der Waals surface area (Å²) < 4.78 is 0. The Labute approximate surface area is 438 Å². The zero-order valence-corrected chi connectivity index (χ0v) is 42.3. The maximum atomic E-state index is 14.6. The number of aliphatic hydroxyl groups excluding tert-OH is 1. The van der Waals surface area contributed by atoms with E-state index in [0.29, 0.717) is 11.1 Å². The Hall–Kier alpha value is -8.33. The molecule has 8 atom stereocenters. The van der Waals surface area contributed by atoms with Crippen molar-refractivity contribution in [2.45, 2.75) is 132 Å². The highest BCUT2D eigenvalue weighted by molar-refractivity contribution is 5.98. The number of para-hydroxylation sites is 1. The molecule has 1 aliphatic rings. The van der Waals surface area contributed by atoms with Crippen molar-refractivity contribution in [1.82, 2.24) is 47.5 Å². The van der Waals surface area contributed by atoms with E-state index in [4.69, 9.17) is 28.7 Å². The predicted molar refractivity (Wildman–Crippen MR) is 280 cm³/mol. The molecular formula is C49H72N16O11. The van der Waals surface area contributed by atoms with Crippen LogP contribution in [0.25, 0.3) is 10.9 Å². The van der Waals surface area contributed by atoms with Crippen LogP contribution in [0.4, 0.5) is 0 Å². The molecule has 0 saturated carbocycles. The number of amides is 8. The molecule has 3 aromatic rings. The molecule has 1 saturated heterocycles. The molecule has 76 heavy (non-hydrogen) atoms. The number of H-pyrrole nitrogens is 1. The second-order valence-electron chi connectivity index (χ2n) is 18.3. The van der Waals surface area contributed by atoms with E-state index in [0.717, 1.165) is 17.8 Å². The number of carbonyl (C=O) groups excluding carboxylic acids is 8. The van der Waals surface area contributed by atoms with Gasteiger partial charge in [0.25, 0.3) is 0 Å². The first-order chi connectivity index (χ1) is 36.2. The summed E-state index contributed by atoms with van der Waals surface area (Å²) in [7, 11) is 0. The zero-order valence-electron chi connectivity index (χ0n) is 42.3. The molecule has 27 nitrogen and oxygen atoms in total. The molecule has 8 amide bonds. The number of rotatable bonds is 19. The third-order valence-electron chi connectivity index (χ3n) is 12.2. The number of carboxylic acids is 1. The molecule has 2 aromatic carbocycles. The molecule has 414 valence electrons. The fourth-order valence-electron chi connectivity index (χ4n) is 8.34. The van der Waals surface area contributed by atoms with Crippen LogP contribution in [0, 0.1) is 0 Å². The van der Waals surface area contributed by atoms with Crippen LogP contribution in [0.5, 0.6) is 0 Å². The maximum absolute atomic E-state index is 14.6. The average molecular weight is 1060 g/mol. The van der Waals surface area contributed by atoms with E-state index in [1.807, 2.05) is 24.3 Å². The summed E-state index contributed by atoms with van der Waals surface area (Å²) in [6.07, 6.45) is -1.29. The highest BCUT2D eigenvalue weighted by Gasteiger charge is 2.35. The van der Waals surface area contributed by atoms with Crippen LogP contribution in [0.3, 0.4) is 0 Å². The number of guanidine groups is 2. The first kappa shape index (κ1) is 60.2. The Kier molecular flexibility index (Phi) is 24.4. The molecule has 0 radical (unpaired) electrons. The molecule has 1 aliphatic heterocycles. The number of aliphatic hydroxyl groups is 1. The van der Waals surface area contributed by atoms with Gasteiger partial charge in [-0.05, 0) is 75.0 Å². The minimum atomic E-state index is -1.73. The zero-order chi connectivity index (χ0) is 55.7. The number of carbonyl (C=O) groups is 9. The number of carboxylic acid groups (broad SMARTS) is 1. The SMILES string of the molecule is CC(=O)NC(CCCN=C(N)N)C(=O)NC1CC(=O)NCCCCC(C(N)=O)NC(=O)C(Cc2c[nH]c3ccccc23)NC(O)C(CCCN=C(N)N)NC(=O)C(Cc2ccccc2)NC(=O)C(CCC(=O)O)NC1=O. The number of hydrogen-bond acceptors (Lipinski definition) is 13. The van der Waals surface area contributed by atoms with Gasteiger partial charge >= 0.3 is 5.97 Å². The Morgan fingerprint density at radius 3 is 2.07 bits per heavy atom. The second kappa shape index (κ2) is 30.8. The summed E-state index contributed by atoms with van der Waals surface area (Å²) in [4.78, 5) is 133. The van der Waals surface area contributed by atoms with E-state index in [-0.39, 0.29) is 89.3 Å². The van der Waals surface area contributed by atoms with Gasteiger partial charge in [0.1, 0.15) is 36.4 Å². The van der Waals surface area contributed by atoms with Gasteiger partial charge in [-0.2, -0.15) is 0 Å². The summed E-state index contributed by atoms with van der Waals surface area (Å²) in [6.45, 7) is 1.29. The predicted octanol–water partition coefficient (Wildman–Crippen LogP) is -3.69. The topological polar surface area (TPSA) is 461 Å². The minimum Gasteiger partial charge on any atom is -0.481 e. The average Bonchev–Trinajstić information content (AvgIpc) is 3.77. The Balaban J connectivity index is 1.78. The van der Waals surface area contributed by atoms with E-state index in [1.165, 1.54) is 0 Å². The van der Waals surface area contributed by atoms with Crippen LogP contribution < -0.4 is 71.2 Å². The van der Waals surface area contributed by atoms with Gasteiger partial charge in [0.15, 0.2) is 11.9 Å². The largest absolute Gasteiger partial charge is 0.481 e. The molecular weight excluding hydrogens is 989 g/mol. The number of aromatic amines is 1. The van der Waals surface area contributed by atoms with Crippen molar-refractivity contribution in [2.24, 2.45) is 38.7 Å². The molecule has 0 aliphatic carbocycles. The Morgan fingerprint density at radius 2 is 1.39 bits per heavy atom. The van der Waals surface area contributed by atoms with Crippen molar-refractivity contribution in [1.29, 1.82) is 0 Å². The van der Waals surface area contributed by atoms with E-state index >= 15 is 0 Å². The number of primary amides is 1. The number of nitrogens with two attached hydrogens (primary N) is 5. The van der Waals surface area contributed by atoms with Crippen molar-refractivity contribution in [3.8, 4) is 0 Å². The van der Waals surface area contributed by atoms with Gasteiger partial charge in [-0.25, -0.2) is 0 Å². The van der Waals surface area contributed by atoms with Crippen molar-refractivity contribution < 1.29 is 53.4 Å². The van der Waals surface area contributed by atoms with Crippen LogP contribution in [-0.4, -0.2) is 148 Å². The van der Waals surface area contributed by atoms with Gasteiger partial charge in [0.05, 0.1) is 18.5 Å².